The number of hydrogen-bond donors (Lipinski definition) is 1. The zero-order valence-electron chi connectivity index (χ0n) is 12.2. The molecule has 1 fully saturated rings. The standard InChI is InChI=1S/C16H23F2NO/c1-3-9-19-13-8-7-11(2)10-15(13)20-14-6-4-5-12(17)16(14)18/h4-6,11,13,15,19H,3,7-10H2,1-2H3. The van der Waals surface area contributed by atoms with Gasteiger partial charge >= 0.3 is 0 Å². The Morgan fingerprint density at radius 2 is 2.10 bits per heavy atom. The Balaban J connectivity index is 2.08. The first kappa shape index (κ1) is 15.2. The van der Waals surface area contributed by atoms with Crippen LogP contribution in [0, 0.1) is 17.6 Å². The van der Waals surface area contributed by atoms with E-state index in [1.165, 1.54) is 12.1 Å². The molecule has 0 radical (unpaired) electrons. The zero-order valence-corrected chi connectivity index (χ0v) is 12.2. The Labute approximate surface area is 119 Å². The summed E-state index contributed by atoms with van der Waals surface area (Å²) in [5.74, 6) is -1.17. The van der Waals surface area contributed by atoms with E-state index >= 15 is 0 Å². The van der Waals surface area contributed by atoms with Gasteiger partial charge in [0.1, 0.15) is 6.10 Å². The molecule has 4 heteroatoms. The fourth-order valence-corrected chi connectivity index (χ4v) is 2.76. The first-order valence-electron chi connectivity index (χ1n) is 7.45. The van der Waals surface area contributed by atoms with Crippen LogP contribution in [0.25, 0.3) is 0 Å². The Kier molecular flexibility index (Phi) is 5.35. The third-order valence-electron chi connectivity index (χ3n) is 3.90. The third-order valence-corrected chi connectivity index (χ3v) is 3.90. The average Bonchev–Trinajstić information content (AvgIpc) is 2.43. The summed E-state index contributed by atoms with van der Waals surface area (Å²) in [6.45, 7) is 5.21. The molecule has 0 heterocycles. The molecule has 0 bridgehead atoms. The van der Waals surface area contributed by atoms with Crippen molar-refractivity contribution in [1.82, 2.24) is 5.32 Å². The number of rotatable bonds is 5. The Morgan fingerprint density at radius 3 is 2.85 bits per heavy atom. The van der Waals surface area contributed by atoms with Gasteiger partial charge in [-0.3, -0.25) is 0 Å². The fourth-order valence-electron chi connectivity index (χ4n) is 2.76. The highest BCUT2D eigenvalue weighted by Crippen LogP contribution is 2.29. The summed E-state index contributed by atoms with van der Waals surface area (Å²) in [6.07, 6.45) is 3.99. The van der Waals surface area contributed by atoms with Gasteiger partial charge in [-0.05, 0) is 50.3 Å². The number of hydrogen-bond acceptors (Lipinski definition) is 2. The Bertz CT molecular complexity index is 436. The molecule has 1 aliphatic rings. The summed E-state index contributed by atoms with van der Waals surface area (Å²) in [5.41, 5.74) is 0. The third kappa shape index (κ3) is 3.69. The monoisotopic (exact) mass is 283 g/mol. The molecule has 1 N–H and O–H groups in total. The van der Waals surface area contributed by atoms with Crippen LogP contribution in [0.15, 0.2) is 18.2 Å². The lowest BCUT2D eigenvalue weighted by Gasteiger charge is -2.35. The minimum Gasteiger partial charge on any atom is -0.486 e. The van der Waals surface area contributed by atoms with Crippen LogP contribution >= 0.6 is 0 Å². The van der Waals surface area contributed by atoms with Gasteiger partial charge < -0.3 is 10.1 Å². The minimum atomic E-state index is -0.889. The number of halogens is 2. The van der Waals surface area contributed by atoms with E-state index in [1.54, 1.807) is 0 Å². The van der Waals surface area contributed by atoms with Crippen LogP contribution in [-0.2, 0) is 0 Å². The SMILES string of the molecule is CCCNC1CCC(C)CC1Oc1cccc(F)c1F. The summed E-state index contributed by atoms with van der Waals surface area (Å²) in [4.78, 5) is 0. The molecule has 2 rings (SSSR count). The average molecular weight is 283 g/mol. The molecule has 112 valence electrons. The van der Waals surface area contributed by atoms with Crippen molar-refractivity contribution in [3.05, 3.63) is 29.8 Å². The minimum absolute atomic E-state index is 0.0207. The van der Waals surface area contributed by atoms with Crippen LogP contribution in [0.5, 0.6) is 5.75 Å². The maximum atomic E-state index is 13.7. The van der Waals surface area contributed by atoms with Gasteiger partial charge in [0.2, 0.25) is 5.82 Å². The smallest absolute Gasteiger partial charge is 0.200 e. The summed E-state index contributed by atoms with van der Waals surface area (Å²) < 4.78 is 32.7. The van der Waals surface area contributed by atoms with Crippen molar-refractivity contribution in [3.8, 4) is 5.75 Å². The molecule has 0 aromatic heterocycles. The van der Waals surface area contributed by atoms with E-state index in [2.05, 4.69) is 19.2 Å². The van der Waals surface area contributed by atoms with Crippen molar-refractivity contribution in [1.29, 1.82) is 0 Å². The molecular formula is C16H23F2NO. The highest BCUT2D eigenvalue weighted by molar-refractivity contribution is 5.25. The van der Waals surface area contributed by atoms with E-state index in [9.17, 15) is 8.78 Å². The lowest BCUT2D eigenvalue weighted by atomic mass is 9.85. The van der Waals surface area contributed by atoms with Crippen molar-refractivity contribution in [2.75, 3.05) is 6.54 Å². The van der Waals surface area contributed by atoms with Crippen molar-refractivity contribution in [2.24, 2.45) is 5.92 Å². The van der Waals surface area contributed by atoms with Crippen molar-refractivity contribution in [2.45, 2.75) is 51.7 Å². The summed E-state index contributed by atoms with van der Waals surface area (Å²) in [5, 5.41) is 3.46. The summed E-state index contributed by atoms with van der Waals surface area (Å²) in [7, 11) is 0. The molecule has 3 atom stereocenters. The van der Waals surface area contributed by atoms with Gasteiger partial charge in [-0.2, -0.15) is 4.39 Å². The largest absolute Gasteiger partial charge is 0.486 e. The molecule has 0 aliphatic heterocycles. The van der Waals surface area contributed by atoms with E-state index in [4.69, 9.17) is 4.74 Å². The Hall–Kier alpha value is -1.16. The second-order valence-corrected chi connectivity index (χ2v) is 5.69. The van der Waals surface area contributed by atoms with Crippen LogP contribution in [-0.4, -0.2) is 18.7 Å². The molecule has 20 heavy (non-hydrogen) atoms. The van der Waals surface area contributed by atoms with Crippen molar-refractivity contribution in [3.63, 3.8) is 0 Å². The zero-order chi connectivity index (χ0) is 14.5. The van der Waals surface area contributed by atoms with E-state index in [0.29, 0.717) is 5.92 Å². The second kappa shape index (κ2) is 7.02. The predicted molar refractivity (Wildman–Crippen MR) is 75.9 cm³/mol. The van der Waals surface area contributed by atoms with Gasteiger partial charge in [0, 0.05) is 6.04 Å². The molecule has 3 unspecified atom stereocenters. The van der Waals surface area contributed by atoms with Crippen LogP contribution in [0.1, 0.15) is 39.5 Å². The quantitative estimate of drug-likeness (QED) is 0.885. The van der Waals surface area contributed by atoms with E-state index < -0.39 is 11.6 Å². The van der Waals surface area contributed by atoms with E-state index in [0.717, 1.165) is 38.3 Å². The molecule has 0 amide bonds. The first-order valence-corrected chi connectivity index (χ1v) is 7.45. The highest BCUT2D eigenvalue weighted by Gasteiger charge is 2.30. The normalized spacial score (nSPS) is 26.5. The molecule has 0 spiro atoms. The van der Waals surface area contributed by atoms with Crippen LogP contribution in [0.3, 0.4) is 0 Å². The highest BCUT2D eigenvalue weighted by atomic mass is 19.2. The number of nitrogens with one attached hydrogen (secondary N) is 1. The predicted octanol–water partition coefficient (Wildman–Crippen LogP) is 3.90. The van der Waals surface area contributed by atoms with Crippen LogP contribution in [0.2, 0.25) is 0 Å². The van der Waals surface area contributed by atoms with Gasteiger partial charge in [-0.25, -0.2) is 4.39 Å². The van der Waals surface area contributed by atoms with Gasteiger partial charge in [-0.15, -0.1) is 0 Å². The number of ether oxygens (including phenoxy) is 1. The summed E-state index contributed by atoms with van der Waals surface area (Å²) >= 11 is 0. The van der Waals surface area contributed by atoms with Crippen LogP contribution in [0.4, 0.5) is 8.78 Å². The van der Waals surface area contributed by atoms with Gasteiger partial charge in [0.25, 0.3) is 0 Å². The topological polar surface area (TPSA) is 21.3 Å². The molecule has 1 aromatic carbocycles. The van der Waals surface area contributed by atoms with Gasteiger partial charge in [0.05, 0.1) is 0 Å². The van der Waals surface area contributed by atoms with E-state index in [-0.39, 0.29) is 17.9 Å². The lowest BCUT2D eigenvalue weighted by molar-refractivity contribution is 0.0863. The summed E-state index contributed by atoms with van der Waals surface area (Å²) in [6, 6.07) is 4.30. The fraction of sp³-hybridized carbons (Fsp3) is 0.625. The molecule has 0 saturated heterocycles. The second-order valence-electron chi connectivity index (χ2n) is 5.69. The Morgan fingerprint density at radius 1 is 1.30 bits per heavy atom. The lowest BCUT2D eigenvalue weighted by Crippen LogP contribution is -2.47. The van der Waals surface area contributed by atoms with Gasteiger partial charge in [-0.1, -0.05) is 19.9 Å². The number of benzene rings is 1. The van der Waals surface area contributed by atoms with Crippen LogP contribution < -0.4 is 10.1 Å². The van der Waals surface area contributed by atoms with Gasteiger partial charge in [0.15, 0.2) is 11.6 Å². The molecule has 1 aliphatic carbocycles. The first-order chi connectivity index (χ1) is 9.61. The molecule has 1 saturated carbocycles. The molecule has 2 nitrogen and oxygen atoms in total. The molecule has 1 aromatic rings. The van der Waals surface area contributed by atoms with Crippen molar-refractivity contribution < 1.29 is 13.5 Å². The maximum Gasteiger partial charge on any atom is 0.200 e. The van der Waals surface area contributed by atoms with E-state index in [1.807, 2.05) is 0 Å². The molecular weight excluding hydrogens is 260 g/mol. The van der Waals surface area contributed by atoms with Crippen molar-refractivity contribution >= 4 is 0 Å². The maximum absolute atomic E-state index is 13.7.